The van der Waals surface area contributed by atoms with Crippen LogP contribution in [0.3, 0.4) is 0 Å². The van der Waals surface area contributed by atoms with E-state index in [1.165, 1.54) is 0 Å². The van der Waals surface area contributed by atoms with Crippen LogP contribution in [0.25, 0.3) is 11.0 Å². The van der Waals surface area contributed by atoms with Gasteiger partial charge >= 0.3 is 0 Å². The quantitative estimate of drug-likeness (QED) is 0.693. The van der Waals surface area contributed by atoms with Crippen LogP contribution in [0, 0.1) is 6.92 Å². The summed E-state index contributed by atoms with van der Waals surface area (Å²) in [5.74, 6) is 0.380. The molecule has 0 aliphatic rings. The van der Waals surface area contributed by atoms with Crippen LogP contribution in [-0.4, -0.2) is 10.9 Å². The Labute approximate surface area is 129 Å². The Morgan fingerprint density at radius 2 is 2.14 bits per heavy atom. The molecule has 6 heteroatoms. The van der Waals surface area contributed by atoms with Crippen molar-refractivity contribution >= 4 is 44.3 Å². The predicted molar refractivity (Wildman–Crippen MR) is 85.3 cm³/mol. The molecule has 0 saturated carbocycles. The Bertz CT molecular complexity index is 842. The van der Waals surface area contributed by atoms with Crippen LogP contribution < -0.4 is 11.1 Å². The standard InChI is InChI=1S/C15H12BrN3O2/c1-8-4-10(16)7-18-14(8)19-15(20)13-6-9-5-11(17)2-3-12(9)21-13/h2-7H,17H2,1H3,(H,18,19,20). The maximum absolute atomic E-state index is 12.2. The van der Waals surface area contributed by atoms with Crippen LogP contribution >= 0.6 is 15.9 Å². The van der Waals surface area contributed by atoms with E-state index >= 15 is 0 Å². The largest absolute Gasteiger partial charge is 0.451 e. The number of nitrogen functional groups attached to an aromatic ring is 1. The number of aryl methyl sites for hydroxylation is 1. The molecule has 1 amide bonds. The van der Waals surface area contributed by atoms with E-state index in [0.717, 1.165) is 15.4 Å². The first kappa shape index (κ1) is 13.6. The summed E-state index contributed by atoms with van der Waals surface area (Å²) in [5.41, 5.74) is 7.82. The molecule has 21 heavy (non-hydrogen) atoms. The number of hydrogen-bond acceptors (Lipinski definition) is 4. The number of fused-ring (bicyclic) bond motifs is 1. The van der Waals surface area contributed by atoms with E-state index in [4.69, 9.17) is 10.2 Å². The maximum atomic E-state index is 12.2. The summed E-state index contributed by atoms with van der Waals surface area (Å²) in [7, 11) is 0. The second-order valence-corrected chi connectivity index (χ2v) is 5.60. The predicted octanol–water partition coefficient (Wildman–Crippen LogP) is 3.73. The minimum absolute atomic E-state index is 0.222. The molecule has 0 fully saturated rings. The van der Waals surface area contributed by atoms with Crippen LogP contribution in [0.4, 0.5) is 11.5 Å². The highest BCUT2D eigenvalue weighted by atomic mass is 79.9. The first-order valence-corrected chi connectivity index (χ1v) is 7.05. The van der Waals surface area contributed by atoms with E-state index < -0.39 is 0 Å². The monoisotopic (exact) mass is 345 g/mol. The molecule has 3 rings (SSSR count). The maximum Gasteiger partial charge on any atom is 0.292 e. The number of nitrogens with zero attached hydrogens (tertiary/aromatic N) is 1. The van der Waals surface area contributed by atoms with Gasteiger partial charge in [0, 0.05) is 21.7 Å². The summed E-state index contributed by atoms with van der Waals surface area (Å²) < 4.78 is 6.37. The van der Waals surface area contributed by atoms with Crippen molar-refractivity contribution < 1.29 is 9.21 Å². The minimum atomic E-state index is -0.345. The van der Waals surface area contributed by atoms with E-state index in [2.05, 4.69) is 26.2 Å². The lowest BCUT2D eigenvalue weighted by molar-refractivity contribution is 0.0998. The number of aromatic nitrogens is 1. The number of nitrogens with one attached hydrogen (secondary N) is 1. The number of halogens is 1. The minimum Gasteiger partial charge on any atom is -0.451 e. The number of carbonyl (C=O) groups excluding carboxylic acids is 1. The van der Waals surface area contributed by atoms with Crippen molar-refractivity contribution in [1.82, 2.24) is 4.98 Å². The van der Waals surface area contributed by atoms with Gasteiger partial charge in [0.25, 0.3) is 5.91 Å². The van der Waals surface area contributed by atoms with E-state index in [9.17, 15) is 4.79 Å². The number of benzene rings is 1. The van der Waals surface area contributed by atoms with Crippen LogP contribution in [0.2, 0.25) is 0 Å². The van der Waals surface area contributed by atoms with Gasteiger partial charge in [-0.05, 0) is 58.7 Å². The molecule has 0 atom stereocenters. The van der Waals surface area contributed by atoms with Gasteiger partial charge in [-0.1, -0.05) is 0 Å². The molecular formula is C15H12BrN3O2. The van der Waals surface area contributed by atoms with Crippen LogP contribution in [0.15, 0.2) is 45.4 Å². The lowest BCUT2D eigenvalue weighted by Gasteiger charge is -2.05. The van der Waals surface area contributed by atoms with Crippen molar-refractivity contribution in [1.29, 1.82) is 0 Å². The lowest BCUT2D eigenvalue weighted by atomic mass is 10.2. The first-order chi connectivity index (χ1) is 10.0. The molecule has 0 aliphatic carbocycles. The van der Waals surface area contributed by atoms with Crippen molar-refractivity contribution in [3.05, 3.63) is 52.3 Å². The van der Waals surface area contributed by atoms with Crippen molar-refractivity contribution in [2.75, 3.05) is 11.1 Å². The molecule has 0 saturated heterocycles. The number of amides is 1. The lowest BCUT2D eigenvalue weighted by Crippen LogP contribution is -2.13. The topological polar surface area (TPSA) is 81.2 Å². The first-order valence-electron chi connectivity index (χ1n) is 6.25. The van der Waals surface area contributed by atoms with Crippen molar-refractivity contribution in [2.24, 2.45) is 0 Å². The average molecular weight is 346 g/mol. The molecule has 3 N–H and O–H groups in total. The molecule has 0 radical (unpaired) electrons. The van der Waals surface area contributed by atoms with Crippen LogP contribution in [0.1, 0.15) is 16.1 Å². The van der Waals surface area contributed by atoms with Gasteiger partial charge in [0.05, 0.1) is 0 Å². The third kappa shape index (κ3) is 2.75. The molecule has 0 spiro atoms. The Hall–Kier alpha value is -2.34. The highest BCUT2D eigenvalue weighted by molar-refractivity contribution is 9.10. The van der Waals surface area contributed by atoms with Gasteiger partial charge in [0.2, 0.25) is 0 Å². The summed E-state index contributed by atoms with van der Waals surface area (Å²) >= 11 is 3.33. The van der Waals surface area contributed by atoms with E-state index in [1.54, 1.807) is 30.5 Å². The summed E-state index contributed by atoms with van der Waals surface area (Å²) in [4.78, 5) is 16.4. The number of nitrogens with two attached hydrogens (primary N) is 1. The van der Waals surface area contributed by atoms with E-state index in [1.807, 2.05) is 13.0 Å². The summed E-state index contributed by atoms with van der Waals surface area (Å²) in [6.45, 7) is 1.87. The molecule has 0 unspecified atom stereocenters. The summed E-state index contributed by atoms with van der Waals surface area (Å²) in [6.07, 6.45) is 1.63. The molecule has 3 aromatic rings. The molecule has 106 valence electrons. The van der Waals surface area contributed by atoms with Gasteiger partial charge in [-0.3, -0.25) is 4.79 Å². The smallest absolute Gasteiger partial charge is 0.292 e. The molecule has 1 aromatic carbocycles. The van der Waals surface area contributed by atoms with Gasteiger partial charge in [0.1, 0.15) is 11.4 Å². The van der Waals surface area contributed by atoms with E-state index in [0.29, 0.717) is 17.1 Å². The highest BCUT2D eigenvalue weighted by Gasteiger charge is 2.14. The second-order valence-electron chi connectivity index (χ2n) is 4.68. The third-order valence-corrected chi connectivity index (χ3v) is 3.47. The zero-order valence-electron chi connectivity index (χ0n) is 11.2. The van der Waals surface area contributed by atoms with Gasteiger partial charge in [0.15, 0.2) is 5.76 Å². The van der Waals surface area contributed by atoms with Crippen LogP contribution in [0.5, 0.6) is 0 Å². The van der Waals surface area contributed by atoms with Crippen molar-refractivity contribution in [2.45, 2.75) is 6.92 Å². The van der Waals surface area contributed by atoms with E-state index in [-0.39, 0.29) is 11.7 Å². The fourth-order valence-corrected chi connectivity index (χ4v) is 2.46. The number of carbonyl (C=O) groups is 1. The number of anilines is 2. The summed E-state index contributed by atoms with van der Waals surface area (Å²) in [5, 5.41) is 3.53. The Morgan fingerprint density at radius 1 is 1.33 bits per heavy atom. The zero-order chi connectivity index (χ0) is 15.0. The van der Waals surface area contributed by atoms with Gasteiger partial charge in [-0.2, -0.15) is 0 Å². The molecule has 2 aromatic heterocycles. The molecular weight excluding hydrogens is 334 g/mol. The Morgan fingerprint density at radius 3 is 2.90 bits per heavy atom. The SMILES string of the molecule is Cc1cc(Br)cnc1NC(=O)c1cc2cc(N)ccc2o1. The summed E-state index contributed by atoms with van der Waals surface area (Å²) in [6, 6.07) is 8.77. The van der Waals surface area contributed by atoms with Crippen LogP contribution in [-0.2, 0) is 0 Å². The number of rotatable bonds is 2. The normalized spacial score (nSPS) is 10.8. The van der Waals surface area contributed by atoms with Gasteiger partial charge < -0.3 is 15.5 Å². The number of hydrogen-bond donors (Lipinski definition) is 2. The molecule has 2 heterocycles. The number of pyridine rings is 1. The highest BCUT2D eigenvalue weighted by Crippen LogP contribution is 2.23. The average Bonchev–Trinajstić information content (AvgIpc) is 2.85. The van der Waals surface area contributed by atoms with Gasteiger partial charge in [-0.15, -0.1) is 0 Å². The third-order valence-electron chi connectivity index (χ3n) is 3.04. The zero-order valence-corrected chi connectivity index (χ0v) is 12.8. The van der Waals surface area contributed by atoms with Crippen molar-refractivity contribution in [3.8, 4) is 0 Å². The fraction of sp³-hybridized carbons (Fsp3) is 0.0667. The number of furan rings is 1. The molecule has 5 nitrogen and oxygen atoms in total. The Kier molecular flexibility index (Phi) is 3.39. The van der Waals surface area contributed by atoms with Gasteiger partial charge in [-0.25, -0.2) is 4.98 Å². The molecule has 0 bridgehead atoms. The molecule has 0 aliphatic heterocycles. The fourth-order valence-electron chi connectivity index (χ4n) is 2.01. The second kappa shape index (κ2) is 5.21. The Balaban J connectivity index is 1.89. The van der Waals surface area contributed by atoms with Crippen molar-refractivity contribution in [3.63, 3.8) is 0 Å².